The van der Waals surface area contributed by atoms with Gasteiger partial charge in [-0.05, 0) is 31.5 Å². The molecule has 0 radical (unpaired) electrons. The zero-order chi connectivity index (χ0) is 14.8. The van der Waals surface area contributed by atoms with E-state index in [-0.39, 0.29) is 0 Å². The summed E-state index contributed by atoms with van der Waals surface area (Å²) in [5.74, 6) is 0. The molecular formula is C15H15N5. The molecule has 100 valence electrons. The van der Waals surface area contributed by atoms with Crippen LogP contribution in [-0.4, -0.2) is 9.13 Å². The Bertz CT molecular complexity index is 760. The first-order chi connectivity index (χ1) is 9.49. The summed E-state index contributed by atoms with van der Waals surface area (Å²) in [6, 6.07) is 9.97. The highest BCUT2D eigenvalue weighted by Gasteiger charge is 2.19. The smallest absolute Gasteiger partial charge is 0.225 e. The fraction of sp³-hybridized carbons (Fsp3) is 0.267. The summed E-state index contributed by atoms with van der Waals surface area (Å²) in [6.45, 7) is 3.77. The fourth-order valence-electron chi connectivity index (χ4n) is 1.95. The third kappa shape index (κ3) is 2.34. The van der Waals surface area contributed by atoms with Crippen molar-refractivity contribution in [2.24, 2.45) is 12.0 Å². The fourth-order valence-corrected chi connectivity index (χ4v) is 1.95. The maximum atomic E-state index is 9.14. The summed E-state index contributed by atoms with van der Waals surface area (Å²) < 4.78 is 3.60. The van der Waals surface area contributed by atoms with E-state index in [1.165, 1.54) is 0 Å². The standard InChI is InChI=1S/C15H15N5/c1-15(2,10-16)12-4-6-13(7-5-12)20-9-8-19(3)14(20)18-11-17/h4-9H,1-3H3. The summed E-state index contributed by atoms with van der Waals surface area (Å²) in [6.07, 6.45) is 5.49. The van der Waals surface area contributed by atoms with E-state index in [1.54, 1.807) is 10.8 Å². The minimum atomic E-state index is -0.514. The van der Waals surface area contributed by atoms with Crippen LogP contribution >= 0.6 is 0 Å². The van der Waals surface area contributed by atoms with Gasteiger partial charge >= 0.3 is 0 Å². The number of imidazole rings is 1. The highest BCUT2D eigenvalue weighted by molar-refractivity contribution is 5.39. The largest absolute Gasteiger partial charge is 0.319 e. The lowest BCUT2D eigenvalue weighted by molar-refractivity contribution is 0.686. The number of aromatic nitrogens is 2. The van der Waals surface area contributed by atoms with Crippen molar-refractivity contribution >= 4 is 0 Å². The van der Waals surface area contributed by atoms with Gasteiger partial charge in [-0.2, -0.15) is 10.5 Å². The van der Waals surface area contributed by atoms with Gasteiger partial charge in [-0.25, -0.2) is 0 Å². The predicted octanol–water partition coefficient (Wildman–Crippen LogP) is 2.00. The van der Waals surface area contributed by atoms with Crippen LogP contribution in [0.3, 0.4) is 0 Å². The first kappa shape index (κ1) is 13.6. The number of aryl methyl sites for hydroxylation is 1. The number of nitriles is 2. The van der Waals surface area contributed by atoms with Crippen molar-refractivity contribution in [3.8, 4) is 17.9 Å². The molecule has 5 heteroatoms. The molecule has 0 saturated heterocycles. The Balaban J connectivity index is 2.50. The zero-order valence-electron chi connectivity index (χ0n) is 11.7. The van der Waals surface area contributed by atoms with E-state index in [9.17, 15) is 0 Å². The van der Waals surface area contributed by atoms with Crippen LogP contribution in [0.15, 0.2) is 41.7 Å². The highest BCUT2D eigenvalue weighted by Crippen LogP contribution is 2.22. The molecule has 0 amide bonds. The molecule has 0 N–H and O–H groups in total. The van der Waals surface area contributed by atoms with Crippen molar-refractivity contribution in [2.45, 2.75) is 19.3 Å². The number of hydrogen-bond donors (Lipinski definition) is 0. The average Bonchev–Trinajstić information content (AvgIpc) is 2.81. The van der Waals surface area contributed by atoms with Crippen LogP contribution in [0.2, 0.25) is 0 Å². The molecule has 5 nitrogen and oxygen atoms in total. The predicted molar refractivity (Wildman–Crippen MR) is 74.6 cm³/mol. The second-order valence-electron chi connectivity index (χ2n) is 5.07. The molecule has 0 aliphatic carbocycles. The van der Waals surface area contributed by atoms with Crippen LogP contribution in [0.25, 0.3) is 5.69 Å². The van der Waals surface area contributed by atoms with Crippen molar-refractivity contribution < 1.29 is 0 Å². The molecule has 1 heterocycles. The van der Waals surface area contributed by atoms with Crippen molar-refractivity contribution in [3.05, 3.63) is 47.8 Å². The molecule has 1 aromatic heterocycles. The minimum Gasteiger partial charge on any atom is -0.319 e. The SMILES string of the molecule is Cn1ccn(-c2ccc(C(C)(C)C#N)cc2)c1=NC#N. The molecule has 2 rings (SSSR count). The van der Waals surface area contributed by atoms with Crippen LogP contribution < -0.4 is 5.62 Å². The van der Waals surface area contributed by atoms with Gasteiger partial charge in [0.15, 0.2) is 0 Å². The van der Waals surface area contributed by atoms with Crippen molar-refractivity contribution in [1.82, 2.24) is 9.13 Å². The van der Waals surface area contributed by atoms with Crippen LogP contribution in [0.5, 0.6) is 0 Å². The van der Waals surface area contributed by atoms with Gasteiger partial charge in [-0.15, -0.1) is 4.99 Å². The lowest BCUT2D eigenvalue weighted by atomic mass is 9.86. The van der Waals surface area contributed by atoms with Gasteiger partial charge in [0.1, 0.15) is 0 Å². The molecule has 20 heavy (non-hydrogen) atoms. The second-order valence-corrected chi connectivity index (χ2v) is 5.07. The molecule has 0 spiro atoms. The maximum absolute atomic E-state index is 9.14. The van der Waals surface area contributed by atoms with Crippen molar-refractivity contribution in [2.75, 3.05) is 0 Å². The van der Waals surface area contributed by atoms with Gasteiger partial charge in [0.25, 0.3) is 0 Å². The number of rotatable bonds is 2. The van der Waals surface area contributed by atoms with Crippen LogP contribution in [-0.2, 0) is 12.5 Å². The lowest BCUT2D eigenvalue weighted by Gasteiger charge is -2.16. The minimum absolute atomic E-state index is 0.514. The van der Waals surface area contributed by atoms with Crippen molar-refractivity contribution in [1.29, 1.82) is 10.5 Å². The molecule has 2 aromatic rings. The van der Waals surface area contributed by atoms with Crippen molar-refractivity contribution in [3.63, 3.8) is 0 Å². The van der Waals surface area contributed by atoms with Gasteiger partial charge in [0, 0.05) is 25.1 Å². The van der Waals surface area contributed by atoms with E-state index in [2.05, 4.69) is 11.1 Å². The third-order valence-electron chi connectivity index (χ3n) is 3.27. The van der Waals surface area contributed by atoms with E-state index in [4.69, 9.17) is 10.5 Å². The molecular weight excluding hydrogens is 250 g/mol. The first-order valence-electron chi connectivity index (χ1n) is 6.18. The van der Waals surface area contributed by atoms with Gasteiger partial charge < -0.3 is 4.57 Å². The Morgan fingerprint density at radius 3 is 2.30 bits per heavy atom. The van der Waals surface area contributed by atoms with E-state index in [0.717, 1.165) is 11.3 Å². The summed E-state index contributed by atoms with van der Waals surface area (Å²) in [5.41, 5.74) is 1.90. The Kier molecular flexibility index (Phi) is 3.45. The van der Waals surface area contributed by atoms with Crippen LogP contribution in [0.1, 0.15) is 19.4 Å². The molecule has 0 bridgehead atoms. The van der Waals surface area contributed by atoms with Gasteiger partial charge in [-0.1, -0.05) is 12.1 Å². The first-order valence-corrected chi connectivity index (χ1v) is 6.18. The van der Waals surface area contributed by atoms with Gasteiger partial charge in [0.05, 0.1) is 11.5 Å². The van der Waals surface area contributed by atoms with Crippen LogP contribution in [0, 0.1) is 22.8 Å². The normalized spacial score (nSPS) is 11.9. The van der Waals surface area contributed by atoms with Gasteiger partial charge in [0.2, 0.25) is 11.8 Å². The molecule has 0 aliphatic heterocycles. The van der Waals surface area contributed by atoms with Gasteiger partial charge in [-0.3, -0.25) is 4.57 Å². The third-order valence-corrected chi connectivity index (χ3v) is 3.27. The Morgan fingerprint density at radius 2 is 1.75 bits per heavy atom. The summed E-state index contributed by atoms with van der Waals surface area (Å²) in [5, 5.41) is 17.9. The molecule has 0 atom stereocenters. The monoisotopic (exact) mass is 265 g/mol. The number of nitrogens with zero attached hydrogens (tertiary/aromatic N) is 5. The summed E-state index contributed by atoms with van der Waals surface area (Å²) >= 11 is 0. The number of benzene rings is 1. The van der Waals surface area contributed by atoms with E-state index in [0.29, 0.717) is 5.62 Å². The molecule has 0 unspecified atom stereocenters. The lowest BCUT2D eigenvalue weighted by Crippen LogP contribution is -2.22. The van der Waals surface area contributed by atoms with E-state index in [1.807, 2.05) is 62.1 Å². The zero-order valence-corrected chi connectivity index (χ0v) is 11.7. The molecule has 0 fully saturated rings. The molecule has 0 aliphatic rings. The summed E-state index contributed by atoms with van der Waals surface area (Å²) in [4.78, 5) is 3.81. The summed E-state index contributed by atoms with van der Waals surface area (Å²) in [7, 11) is 1.83. The quantitative estimate of drug-likeness (QED) is 0.779. The Morgan fingerprint density at radius 1 is 1.10 bits per heavy atom. The second kappa shape index (κ2) is 5.07. The Hall–Kier alpha value is -2.79. The molecule has 0 saturated carbocycles. The molecule has 1 aromatic carbocycles. The number of hydrogen-bond acceptors (Lipinski definition) is 3. The maximum Gasteiger partial charge on any atom is 0.225 e. The average molecular weight is 265 g/mol. The topological polar surface area (TPSA) is 69.8 Å². The van der Waals surface area contributed by atoms with E-state index >= 15 is 0 Å². The highest BCUT2D eigenvalue weighted by atomic mass is 15.2. The van der Waals surface area contributed by atoms with E-state index < -0.39 is 5.41 Å². The van der Waals surface area contributed by atoms with Crippen LogP contribution in [0.4, 0.5) is 0 Å². The Labute approximate surface area is 117 Å².